The van der Waals surface area contributed by atoms with Gasteiger partial charge >= 0.3 is 0 Å². The lowest BCUT2D eigenvalue weighted by Gasteiger charge is -2.29. The Morgan fingerprint density at radius 1 is 1.00 bits per heavy atom. The Labute approximate surface area is 156 Å². The number of rotatable bonds is 7. The molecule has 0 saturated carbocycles. The Morgan fingerprint density at radius 2 is 1.65 bits per heavy atom. The highest BCUT2D eigenvalue weighted by Crippen LogP contribution is 2.38. The van der Waals surface area contributed by atoms with Crippen molar-refractivity contribution in [2.75, 3.05) is 19.8 Å². The summed E-state index contributed by atoms with van der Waals surface area (Å²) in [6.45, 7) is 10.3. The zero-order chi connectivity index (χ0) is 18.5. The van der Waals surface area contributed by atoms with Crippen LogP contribution >= 0.6 is 0 Å². The van der Waals surface area contributed by atoms with Gasteiger partial charge in [0.15, 0.2) is 11.5 Å². The molecule has 2 aromatic carbocycles. The molecule has 0 unspecified atom stereocenters. The maximum atomic E-state index is 5.83. The molecule has 1 atom stereocenters. The van der Waals surface area contributed by atoms with Crippen LogP contribution in [0.25, 0.3) is 0 Å². The lowest BCUT2D eigenvalue weighted by molar-refractivity contribution is 0.242. The molecule has 0 aromatic heterocycles. The van der Waals surface area contributed by atoms with E-state index in [4.69, 9.17) is 14.2 Å². The fraction of sp³-hybridized carbons (Fsp3) is 0.455. The second-order valence-corrected chi connectivity index (χ2v) is 6.74. The first-order valence-electron chi connectivity index (χ1n) is 9.54. The predicted molar refractivity (Wildman–Crippen MR) is 105 cm³/mol. The highest BCUT2D eigenvalue weighted by atomic mass is 16.5. The van der Waals surface area contributed by atoms with E-state index in [2.05, 4.69) is 29.6 Å². The molecule has 0 aliphatic carbocycles. The van der Waals surface area contributed by atoms with E-state index in [1.54, 1.807) is 0 Å². The third-order valence-electron chi connectivity index (χ3n) is 4.44. The molecular formula is C22H29NO3. The number of ether oxygens (including phenoxy) is 3. The summed E-state index contributed by atoms with van der Waals surface area (Å²) in [4.78, 5) is 0. The largest absolute Gasteiger partial charge is 0.491 e. The summed E-state index contributed by atoms with van der Waals surface area (Å²) < 4.78 is 17.4. The molecule has 3 rings (SSSR count). The van der Waals surface area contributed by atoms with E-state index in [-0.39, 0.29) is 12.1 Å². The Balaban J connectivity index is 1.93. The molecule has 1 N–H and O–H groups in total. The summed E-state index contributed by atoms with van der Waals surface area (Å²) in [6.07, 6.45) is 1.17. The van der Waals surface area contributed by atoms with Crippen LogP contribution in [-0.4, -0.2) is 25.9 Å². The Morgan fingerprint density at radius 3 is 2.27 bits per heavy atom. The Kier molecular flexibility index (Phi) is 6.04. The van der Waals surface area contributed by atoms with E-state index < -0.39 is 0 Å². The van der Waals surface area contributed by atoms with Gasteiger partial charge < -0.3 is 19.5 Å². The van der Waals surface area contributed by atoms with Gasteiger partial charge in [0.25, 0.3) is 0 Å². The average Bonchev–Trinajstić information content (AvgIpc) is 2.62. The normalized spacial score (nSPS) is 16.3. The summed E-state index contributed by atoms with van der Waals surface area (Å²) in [5.74, 6) is 2.57. The number of nitrogens with one attached hydrogen (secondary N) is 1. The van der Waals surface area contributed by atoms with E-state index in [0.29, 0.717) is 13.2 Å². The van der Waals surface area contributed by atoms with Gasteiger partial charge in [-0.25, -0.2) is 0 Å². The van der Waals surface area contributed by atoms with Crippen molar-refractivity contribution in [3.8, 4) is 17.2 Å². The van der Waals surface area contributed by atoms with Crippen LogP contribution in [0.1, 0.15) is 50.4 Å². The second kappa shape index (κ2) is 8.45. The first-order valence-corrected chi connectivity index (χ1v) is 9.54. The topological polar surface area (TPSA) is 39.7 Å². The number of fused-ring (bicyclic) bond motifs is 1. The van der Waals surface area contributed by atoms with Crippen LogP contribution < -0.4 is 19.5 Å². The lowest BCUT2D eigenvalue weighted by Crippen LogP contribution is -2.30. The molecule has 2 aromatic rings. The van der Waals surface area contributed by atoms with Gasteiger partial charge in [0.05, 0.1) is 25.4 Å². The van der Waals surface area contributed by atoms with Crippen molar-refractivity contribution in [3.05, 3.63) is 53.1 Å². The predicted octanol–water partition coefficient (Wildman–Crippen LogP) is 4.51. The molecule has 140 valence electrons. The van der Waals surface area contributed by atoms with Crippen LogP contribution in [-0.2, 0) is 6.42 Å². The number of hydrogen-bond donors (Lipinski definition) is 1. The van der Waals surface area contributed by atoms with E-state index in [9.17, 15) is 0 Å². The van der Waals surface area contributed by atoms with Crippen molar-refractivity contribution in [2.45, 2.75) is 46.3 Å². The van der Waals surface area contributed by atoms with Crippen LogP contribution in [0.4, 0.5) is 0 Å². The minimum absolute atomic E-state index is 0.154. The van der Waals surface area contributed by atoms with E-state index >= 15 is 0 Å². The lowest BCUT2D eigenvalue weighted by atomic mass is 9.89. The van der Waals surface area contributed by atoms with Crippen molar-refractivity contribution >= 4 is 0 Å². The van der Waals surface area contributed by atoms with Crippen molar-refractivity contribution in [1.29, 1.82) is 0 Å². The number of benzene rings is 2. The van der Waals surface area contributed by atoms with Crippen molar-refractivity contribution in [1.82, 2.24) is 5.32 Å². The maximum Gasteiger partial charge on any atom is 0.161 e. The Bertz CT molecular complexity index is 725. The van der Waals surface area contributed by atoms with Gasteiger partial charge in [0, 0.05) is 6.54 Å². The zero-order valence-electron chi connectivity index (χ0n) is 16.2. The van der Waals surface area contributed by atoms with Crippen LogP contribution in [0.5, 0.6) is 17.2 Å². The van der Waals surface area contributed by atoms with Gasteiger partial charge in [-0.2, -0.15) is 0 Å². The summed E-state index contributed by atoms with van der Waals surface area (Å²) in [5.41, 5.74) is 3.82. The monoisotopic (exact) mass is 355 g/mol. The minimum Gasteiger partial charge on any atom is -0.491 e. The van der Waals surface area contributed by atoms with E-state index in [1.165, 1.54) is 16.7 Å². The first-order chi connectivity index (χ1) is 12.6. The summed E-state index contributed by atoms with van der Waals surface area (Å²) in [5, 5.41) is 3.64. The van der Waals surface area contributed by atoms with Crippen molar-refractivity contribution in [3.63, 3.8) is 0 Å². The second-order valence-electron chi connectivity index (χ2n) is 6.74. The van der Waals surface area contributed by atoms with E-state index in [1.807, 2.05) is 39.8 Å². The van der Waals surface area contributed by atoms with Gasteiger partial charge in [-0.05, 0) is 75.1 Å². The average molecular weight is 355 g/mol. The third kappa shape index (κ3) is 4.13. The van der Waals surface area contributed by atoms with Gasteiger partial charge in [-0.1, -0.05) is 12.1 Å². The summed E-state index contributed by atoms with van der Waals surface area (Å²) in [7, 11) is 0. The van der Waals surface area contributed by atoms with Gasteiger partial charge in [0.1, 0.15) is 5.75 Å². The van der Waals surface area contributed by atoms with Crippen LogP contribution in [0.3, 0.4) is 0 Å². The van der Waals surface area contributed by atoms with Crippen molar-refractivity contribution < 1.29 is 14.2 Å². The van der Waals surface area contributed by atoms with Gasteiger partial charge in [-0.3, -0.25) is 0 Å². The molecular weight excluding hydrogens is 326 g/mol. The highest BCUT2D eigenvalue weighted by Gasteiger charge is 2.24. The van der Waals surface area contributed by atoms with Gasteiger partial charge in [-0.15, -0.1) is 0 Å². The molecule has 4 nitrogen and oxygen atoms in total. The molecule has 0 fully saturated rings. The molecule has 0 spiro atoms. The minimum atomic E-state index is 0.154. The fourth-order valence-corrected chi connectivity index (χ4v) is 3.41. The number of hydrogen-bond acceptors (Lipinski definition) is 4. The van der Waals surface area contributed by atoms with Crippen LogP contribution in [0.15, 0.2) is 36.4 Å². The van der Waals surface area contributed by atoms with Crippen molar-refractivity contribution in [2.24, 2.45) is 0 Å². The molecule has 1 heterocycles. The molecule has 4 heteroatoms. The zero-order valence-corrected chi connectivity index (χ0v) is 16.2. The Hall–Kier alpha value is -2.20. The fourth-order valence-electron chi connectivity index (χ4n) is 3.41. The maximum absolute atomic E-state index is 5.83. The molecule has 0 radical (unpaired) electrons. The van der Waals surface area contributed by atoms with E-state index in [0.717, 1.165) is 30.2 Å². The van der Waals surface area contributed by atoms with Crippen LogP contribution in [0, 0.1) is 0 Å². The quantitative estimate of drug-likeness (QED) is 0.793. The highest BCUT2D eigenvalue weighted by molar-refractivity contribution is 5.52. The molecule has 0 saturated heterocycles. The molecule has 1 aliphatic rings. The molecule has 0 amide bonds. The third-order valence-corrected chi connectivity index (χ3v) is 4.44. The van der Waals surface area contributed by atoms with Gasteiger partial charge in [0.2, 0.25) is 0 Å². The first kappa shape index (κ1) is 18.6. The summed E-state index contributed by atoms with van der Waals surface area (Å²) >= 11 is 0. The standard InChI is InChI=1S/C22H29NO3/c1-5-24-20-13-17-11-12-23-22(19(17)14-21(20)25-6-2)16-7-9-18(10-8-16)26-15(3)4/h7-10,13-15,22-23H,5-6,11-12H2,1-4H3/t22-/m1/s1. The molecule has 1 aliphatic heterocycles. The SMILES string of the molecule is CCOc1cc2c(cc1OCC)[C@@H](c1ccc(OC(C)C)cc1)NCC2. The summed E-state index contributed by atoms with van der Waals surface area (Å²) in [6, 6.07) is 12.8. The van der Waals surface area contributed by atoms with Crippen LogP contribution in [0.2, 0.25) is 0 Å². The molecule has 0 bridgehead atoms. The smallest absolute Gasteiger partial charge is 0.161 e. The molecule has 26 heavy (non-hydrogen) atoms.